The van der Waals surface area contributed by atoms with Gasteiger partial charge in [0.2, 0.25) is 0 Å². The number of carbonyl (C=O) groups excluding carboxylic acids is 1. The molecule has 0 spiro atoms. The summed E-state index contributed by atoms with van der Waals surface area (Å²) in [6.07, 6.45) is 2.61. The summed E-state index contributed by atoms with van der Waals surface area (Å²) in [5, 5.41) is 0. The highest BCUT2D eigenvalue weighted by atomic mass is 16.5. The second kappa shape index (κ2) is 7.32. The standard InChI is InChI=1S/C20H23NO2/c1-16(23-19-12-6-3-7-13-19)20(22)21-14-8-11-18(21)15-17-9-4-2-5-10-17/h2-7,9-10,12-13,16,18H,8,11,14-15H2,1H3. The van der Waals surface area contributed by atoms with Gasteiger partial charge < -0.3 is 9.64 Å². The molecule has 1 heterocycles. The van der Waals surface area contributed by atoms with Crippen LogP contribution >= 0.6 is 0 Å². The number of carbonyl (C=O) groups is 1. The van der Waals surface area contributed by atoms with Crippen LogP contribution in [-0.4, -0.2) is 29.5 Å². The molecule has 1 aliphatic heterocycles. The molecule has 0 N–H and O–H groups in total. The Kier molecular flexibility index (Phi) is 4.96. The van der Waals surface area contributed by atoms with E-state index in [1.807, 2.05) is 48.2 Å². The lowest BCUT2D eigenvalue weighted by atomic mass is 10.0. The van der Waals surface area contributed by atoms with Gasteiger partial charge in [-0.05, 0) is 43.9 Å². The van der Waals surface area contributed by atoms with Crippen LogP contribution in [0.3, 0.4) is 0 Å². The van der Waals surface area contributed by atoms with Crippen LogP contribution in [0, 0.1) is 0 Å². The van der Waals surface area contributed by atoms with Gasteiger partial charge in [0.25, 0.3) is 5.91 Å². The number of benzene rings is 2. The highest BCUT2D eigenvalue weighted by molar-refractivity contribution is 5.81. The highest BCUT2D eigenvalue weighted by Crippen LogP contribution is 2.23. The van der Waals surface area contributed by atoms with E-state index in [9.17, 15) is 4.79 Å². The Balaban J connectivity index is 1.63. The smallest absolute Gasteiger partial charge is 0.263 e. The number of likely N-dealkylation sites (tertiary alicyclic amines) is 1. The van der Waals surface area contributed by atoms with E-state index in [4.69, 9.17) is 4.74 Å². The van der Waals surface area contributed by atoms with Crippen molar-refractivity contribution in [2.75, 3.05) is 6.54 Å². The summed E-state index contributed by atoms with van der Waals surface area (Å²) in [5.74, 6) is 0.833. The topological polar surface area (TPSA) is 29.5 Å². The maximum atomic E-state index is 12.8. The fourth-order valence-electron chi connectivity index (χ4n) is 3.21. The molecule has 0 radical (unpaired) electrons. The Morgan fingerprint density at radius 3 is 2.48 bits per heavy atom. The zero-order valence-electron chi connectivity index (χ0n) is 13.5. The second-order valence-electron chi connectivity index (χ2n) is 6.09. The van der Waals surface area contributed by atoms with Gasteiger partial charge in [0.05, 0.1) is 0 Å². The van der Waals surface area contributed by atoms with E-state index in [1.165, 1.54) is 5.56 Å². The molecule has 1 aliphatic rings. The molecule has 0 bridgehead atoms. The summed E-state index contributed by atoms with van der Waals surface area (Å²) in [5.41, 5.74) is 1.29. The average Bonchev–Trinajstić information content (AvgIpc) is 3.04. The summed E-state index contributed by atoms with van der Waals surface area (Å²) in [6, 6.07) is 20.2. The first kappa shape index (κ1) is 15.6. The van der Waals surface area contributed by atoms with E-state index < -0.39 is 6.10 Å². The number of rotatable bonds is 5. The van der Waals surface area contributed by atoms with Gasteiger partial charge in [-0.15, -0.1) is 0 Å². The number of nitrogens with zero attached hydrogens (tertiary/aromatic N) is 1. The predicted octanol–water partition coefficient (Wildman–Crippen LogP) is 3.69. The second-order valence-corrected chi connectivity index (χ2v) is 6.09. The molecule has 1 saturated heterocycles. The van der Waals surface area contributed by atoms with Crippen molar-refractivity contribution in [2.24, 2.45) is 0 Å². The van der Waals surface area contributed by atoms with Gasteiger partial charge in [0.15, 0.2) is 6.10 Å². The third kappa shape index (κ3) is 3.92. The zero-order valence-corrected chi connectivity index (χ0v) is 13.5. The Labute approximate surface area is 137 Å². The maximum Gasteiger partial charge on any atom is 0.263 e. The van der Waals surface area contributed by atoms with Crippen LogP contribution in [0.1, 0.15) is 25.3 Å². The normalized spacial score (nSPS) is 18.7. The van der Waals surface area contributed by atoms with Gasteiger partial charge in [-0.25, -0.2) is 0 Å². The van der Waals surface area contributed by atoms with Crippen LogP contribution in [-0.2, 0) is 11.2 Å². The van der Waals surface area contributed by atoms with Crippen molar-refractivity contribution in [3.8, 4) is 5.75 Å². The van der Waals surface area contributed by atoms with Gasteiger partial charge in [-0.3, -0.25) is 4.79 Å². The van der Waals surface area contributed by atoms with E-state index in [0.29, 0.717) is 0 Å². The summed E-state index contributed by atoms with van der Waals surface area (Å²) in [4.78, 5) is 14.8. The Morgan fingerprint density at radius 1 is 1.13 bits per heavy atom. The maximum absolute atomic E-state index is 12.8. The van der Waals surface area contributed by atoms with Crippen molar-refractivity contribution in [1.82, 2.24) is 4.90 Å². The number of amides is 1. The number of hydrogen-bond donors (Lipinski definition) is 0. The molecule has 120 valence electrons. The summed E-state index contributed by atoms with van der Waals surface area (Å²) >= 11 is 0. The fourth-order valence-corrected chi connectivity index (χ4v) is 3.21. The van der Waals surface area contributed by atoms with Gasteiger partial charge in [-0.2, -0.15) is 0 Å². The van der Waals surface area contributed by atoms with Crippen LogP contribution in [0.25, 0.3) is 0 Å². The van der Waals surface area contributed by atoms with E-state index in [0.717, 1.165) is 31.6 Å². The Hall–Kier alpha value is -2.29. The largest absolute Gasteiger partial charge is 0.481 e. The Morgan fingerprint density at radius 2 is 1.78 bits per heavy atom. The number of para-hydroxylation sites is 1. The molecule has 2 aromatic carbocycles. The van der Waals surface area contributed by atoms with Crippen molar-refractivity contribution in [3.63, 3.8) is 0 Å². The number of ether oxygens (including phenoxy) is 1. The van der Waals surface area contributed by atoms with E-state index in [2.05, 4.69) is 24.3 Å². The molecule has 1 fully saturated rings. The minimum Gasteiger partial charge on any atom is -0.481 e. The third-order valence-electron chi connectivity index (χ3n) is 4.38. The molecule has 23 heavy (non-hydrogen) atoms. The molecule has 2 atom stereocenters. The van der Waals surface area contributed by atoms with Crippen LogP contribution in [0.5, 0.6) is 5.75 Å². The monoisotopic (exact) mass is 309 g/mol. The minimum atomic E-state index is -0.450. The number of hydrogen-bond acceptors (Lipinski definition) is 2. The lowest BCUT2D eigenvalue weighted by molar-refractivity contribution is -0.138. The molecule has 2 aromatic rings. The van der Waals surface area contributed by atoms with Gasteiger partial charge in [-0.1, -0.05) is 48.5 Å². The van der Waals surface area contributed by atoms with Gasteiger partial charge >= 0.3 is 0 Å². The molecule has 2 unspecified atom stereocenters. The first-order valence-electron chi connectivity index (χ1n) is 8.30. The summed E-state index contributed by atoms with van der Waals surface area (Å²) < 4.78 is 5.80. The average molecular weight is 309 g/mol. The fraction of sp³-hybridized carbons (Fsp3) is 0.350. The summed E-state index contributed by atoms with van der Waals surface area (Å²) in [7, 11) is 0. The molecule has 1 amide bonds. The van der Waals surface area contributed by atoms with Gasteiger partial charge in [0, 0.05) is 12.6 Å². The van der Waals surface area contributed by atoms with Crippen molar-refractivity contribution in [2.45, 2.75) is 38.3 Å². The van der Waals surface area contributed by atoms with Crippen molar-refractivity contribution in [1.29, 1.82) is 0 Å². The predicted molar refractivity (Wildman–Crippen MR) is 91.4 cm³/mol. The molecule has 3 heteroatoms. The first-order chi connectivity index (χ1) is 11.2. The molecular formula is C20H23NO2. The SMILES string of the molecule is CC(Oc1ccccc1)C(=O)N1CCCC1Cc1ccccc1. The van der Waals surface area contributed by atoms with Crippen molar-refractivity contribution in [3.05, 3.63) is 66.2 Å². The van der Waals surface area contributed by atoms with Crippen LogP contribution in [0.15, 0.2) is 60.7 Å². The van der Waals surface area contributed by atoms with E-state index in [1.54, 1.807) is 0 Å². The van der Waals surface area contributed by atoms with E-state index >= 15 is 0 Å². The molecule has 0 aliphatic carbocycles. The lowest BCUT2D eigenvalue weighted by Gasteiger charge is -2.28. The molecule has 3 nitrogen and oxygen atoms in total. The van der Waals surface area contributed by atoms with Crippen molar-refractivity contribution < 1.29 is 9.53 Å². The van der Waals surface area contributed by atoms with Crippen LogP contribution in [0.2, 0.25) is 0 Å². The molecule has 0 aromatic heterocycles. The highest BCUT2D eigenvalue weighted by Gasteiger charge is 2.32. The van der Waals surface area contributed by atoms with E-state index in [-0.39, 0.29) is 11.9 Å². The molecular weight excluding hydrogens is 286 g/mol. The third-order valence-corrected chi connectivity index (χ3v) is 4.38. The molecule has 3 rings (SSSR count). The molecule has 0 saturated carbocycles. The van der Waals surface area contributed by atoms with Crippen LogP contribution < -0.4 is 4.74 Å². The lowest BCUT2D eigenvalue weighted by Crippen LogP contribution is -2.44. The van der Waals surface area contributed by atoms with Crippen LogP contribution in [0.4, 0.5) is 0 Å². The van der Waals surface area contributed by atoms with Crippen molar-refractivity contribution >= 4 is 5.91 Å². The Bertz CT molecular complexity index is 627. The first-order valence-corrected chi connectivity index (χ1v) is 8.30. The zero-order chi connectivity index (χ0) is 16.1. The minimum absolute atomic E-state index is 0.0901. The quantitative estimate of drug-likeness (QED) is 0.843. The van der Waals surface area contributed by atoms with Gasteiger partial charge in [0.1, 0.15) is 5.75 Å². The summed E-state index contributed by atoms with van der Waals surface area (Å²) in [6.45, 7) is 2.67.